The minimum Gasteiger partial charge on any atom is -0.497 e. The second-order valence-corrected chi connectivity index (χ2v) is 10.2. The number of nitrogens with one attached hydrogen (secondary N) is 1. The van der Waals surface area contributed by atoms with Gasteiger partial charge in [0.25, 0.3) is 5.91 Å². The molecule has 1 N–H and O–H groups in total. The molecule has 194 valence electrons. The van der Waals surface area contributed by atoms with Crippen molar-refractivity contribution >= 4 is 17.5 Å². The third-order valence-electron chi connectivity index (χ3n) is 7.19. The highest BCUT2D eigenvalue weighted by atomic mass is 35.5. The molecule has 0 aliphatic heterocycles. The third kappa shape index (κ3) is 5.97. The molecule has 2 aliphatic carbocycles. The van der Waals surface area contributed by atoms with Crippen molar-refractivity contribution in [3.63, 3.8) is 0 Å². The Morgan fingerprint density at radius 1 is 1.22 bits per heavy atom. The van der Waals surface area contributed by atoms with Crippen molar-refractivity contribution in [1.82, 2.24) is 15.1 Å². The van der Waals surface area contributed by atoms with Crippen LogP contribution in [-0.2, 0) is 17.5 Å². The molecule has 1 aromatic carbocycles. The number of carbonyl (C=O) groups is 1. The lowest BCUT2D eigenvalue weighted by Crippen LogP contribution is -2.38. The van der Waals surface area contributed by atoms with Crippen LogP contribution >= 0.6 is 11.6 Å². The van der Waals surface area contributed by atoms with Gasteiger partial charge in [0.05, 0.1) is 29.0 Å². The maximum Gasteiger partial charge on any atom is 0.416 e. The van der Waals surface area contributed by atoms with E-state index in [4.69, 9.17) is 21.4 Å². The first kappa shape index (κ1) is 26.3. The number of nitrogens with zero attached hydrogens (tertiary/aromatic N) is 2. The zero-order valence-electron chi connectivity index (χ0n) is 20.6. The second-order valence-electron chi connectivity index (χ2n) is 9.79. The van der Waals surface area contributed by atoms with E-state index in [-0.39, 0.29) is 28.5 Å². The molecule has 2 unspecified atom stereocenters. The van der Waals surface area contributed by atoms with E-state index in [0.717, 1.165) is 67.6 Å². The first-order valence-electron chi connectivity index (χ1n) is 12.2. The van der Waals surface area contributed by atoms with E-state index >= 15 is 0 Å². The van der Waals surface area contributed by atoms with Crippen LogP contribution < -0.4 is 5.32 Å². The van der Waals surface area contributed by atoms with Gasteiger partial charge in [-0.2, -0.15) is 18.3 Å². The molecule has 2 aliphatic rings. The van der Waals surface area contributed by atoms with E-state index in [2.05, 4.69) is 42.1 Å². The number of halogens is 4. The summed E-state index contributed by atoms with van der Waals surface area (Å²) in [5.74, 6) is 1.21. The first-order chi connectivity index (χ1) is 17.0. The van der Waals surface area contributed by atoms with Gasteiger partial charge >= 0.3 is 6.18 Å². The number of hydrogen-bond acceptors (Lipinski definition) is 3. The molecule has 1 amide bonds. The maximum absolute atomic E-state index is 13.0. The Morgan fingerprint density at radius 3 is 2.58 bits per heavy atom. The molecule has 1 aromatic heterocycles. The predicted molar refractivity (Wildman–Crippen MR) is 133 cm³/mol. The first-order valence-corrected chi connectivity index (χ1v) is 12.6. The van der Waals surface area contributed by atoms with Gasteiger partial charge in [0.1, 0.15) is 5.76 Å². The predicted octanol–water partition coefficient (Wildman–Crippen LogP) is 6.67. The van der Waals surface area contributed by atoms with Crippen LogP contribution in [0.25, 0.3) is 0 Å². The summed E-state index contributed by atoms with van der Waals surface area (Å²) in [7, 11) is 1.67. The monoisotopic (exact) mass is 521 g/mol. The fourth-order valence-corrected chi connectivity index (χ4v) is 5.26. The minimum absolute atomic E-state index is 0.00945. The number of allylic oxidation sites excluding steroid dienone is 3. The highest BCUT2D eigenvalue weighted by Crippen LogP contribution is 2.34. The van der Waals surface area contributed by atoms with Gasteiger partial charge < -0.3 is 10.1 Å². The number of aromatic nitrogens is 2. The number of alkyl halides is 3. The van der Waals surface area contributed by atoms with Crippen molar-refractivity contribution < 1.29 is 22.7 Å². The van der Waals surface area contributed by atoms with Crippen LogP contribution in [0, 0.1) is 18.8 Å². The molecule has 4 rings (SSSR count). The standard InChI is InChI=1S/C27H31ClF3N3O2/c1-16-12-21(36-3)9-10-22(16)25-13-17(2)34(33-25)15-18-4-7-20(8-5-18)32-26(35)23-14-19(27(29,30)31)6-11-24(23)28/h6,9-14,16,18,20,22H,4-5,7-8,15H2,1-3H3,(H,32,35). The normalized spacial score (nSPS) is 24.4. The quantitative estimate of drug-likeness (QED) is 0.461. The van der Waals surface area contributed by atoms with Gasteiger partial charge in [-0.05, 0) is 80.9 Å². The Bertz CT molecular complexity index is 1160. The molecule has 2 aromatic rings. The van der Waals surface area contributed by atoms with Crippen molar-refractivity contribution in [3.05, 3.63) is 75.8 Å². The number of benzene rings is 1. The summed E-state index contributed by atoms with van der Waals surface area (Å²) in [6.45, 7) is 5.02. The average molecular weight is 522 g/mol. The molecule has 1 saturated carbocycles. The summed E-state index contributed by atoms with van der Waals surface area (Å²) < 4.78 is 46.5. The summed E-state index contributed by atoms with van der Waals surface area (Å²) in [6.07, 6.45) is 5.02. The topological polar surface area (TPSA) is 56.1 Å². The lowest BCUT2D eigenvalue weighted by molar-refractivity contribution is -0.137. The van der Waals surface area contributed by atoms with E-state index in [1.807, 2.05) is 6.08 Å². The summed E-state index contributed by atoms with van der Waals surface area (Å²) >= 11 is 6.02. The number of amides is 1. The largest absolute Gasteiger partial charge is 0.497 e. The van der Waals surface area contributed by atoms with Crippen LogP contribution in [0.15, 0.2) is 48.3 Å². The molecule has 9 heteroatoms. The third-order valence-corrected chi connectivity index (χ3v) is 7.52. The van der Waals surface area contributed by atoms with Crippen LogP contribution in [0.4, 0.5) is 13.2 Å². The Labute approximate surface area is 214 Å². The lowest BCUT2D eigenvalue weighted by atomic mass is 9.86. The van der Waals surface area contributed by atoms with Crippen molar-refractivity contribution in [3.8, 4) is 0 Å². The number of carbonyl (C=O) groups excluding carboxylic acids is 1. The molecule has 5 nitrogen and oxygen atoms in total. The van der Waals surface area contributed by atoms with Crippen molar-refractivity contribution in [1.29, 1.82) is 0 Å². The van der Waals surface area contributed by atoms with Crippen LogP contribution in [0.5, 0.6) is 0 Å². The van der Waals surface area contributed by atoms with Gasteiger partial charge in [-0.3, -0.25) is 9.48 Å². The van der Waals surface area contributed by atoms with Gasteiger partial charge in [0, 0.05) is 24.2 Å². The van der Waals surface area contributed by atoms with E-state index < -0.39 is 17.6 Å². The highest BCUT2D eigenvalue weighted by molar-refractivity contribution is 6.33. The maximum atomic E-state index is 13.0. The lowest BCUT2D eigenvalue weighted by Gasteiger charge is -2.29. The molecule has 1 fully saturated rings. The van der Waals surface area contributed by atoms with Crippen LogP contribution in [-0.4, -0.2) is 28.8 Å². The van der Waals surface area contributed by atoms with Crippen LogP contribution in [0.2, 0.25) is 5.02 Å². The Balaban J connectivity index is 1.32. The van der Waals surface area contributed by atoms with Gasteiger partial charge in [-0.1, -0.05) is 24.6 Å². The fraction of sp³-hybridized carbons (Fsp3) is 0.481. The molecule has 0 bridgehead atoms. The van der Waals surface area contributed by atoms with Crippen molar-refractivity contribution in [2.24, 2.45) is 11.8 Å². The van der Waals surface area contributed by atoms with Crippen LogP contribution in [0.3, 0.4) is 0 Å². The van der Waals surface area contributed by atoms with Gasteiger partial charge in [-0.15, -0.1) is 0 Å². The van der Waals surface area contributed by atoms with E-state index in [9.17, 15) is 18.0 Å². The van der Waals surface area contributed by atoms with Crippen molar-refractivity contribution in [2.75, 3.05) is 7.11 Å². The highest BCUT2D eigenvalue weighted by Gasteiger charge is 2.32. The number of ether oxygens (including phenoxy) is 1. The number of aryl methyl sites for hydroxylation is 1. The second kappa shape index (κ2) is 10.7. The Kier molecular flexibility index (Phi) is 7.83. The minimum atomic E-state index is -4.53. The van der Waals surface area contributed by atoms with Crippen LogP contribution in [0.1, 0.15) is 65.8 Å². The van der Waals surface area contributed by atoms with Crippen molar-refractivity contribution in [2.45, 2.75) is 64.2 Å². The number of hydrogen-bond donors (Lipinski definition) is 1. The molecule has 36 heavy (non-hydrogen) atoms. The average Bonchev–Trinajstić information content (AvgIpc) is 3.19. The van der Waals surface area contributed by atoms with Gasteiger partial charge in [0.2, 0.25) is 0 Å². The summed E-state index contributed by atoms with van der Waals surface area (Å²) in [5, 5.41) is 7.78. The smallest absolute Gasteiger partial charge is 0.416 e. The number of rotatable bonds is 6. The Hall–Kier alpha value is -2.74. The summed E-state index contributed by atoms with van der Waals surface area (Å²) in [5.41, 5.74) is 1.12. The molecule has 0 radical (unpaired) electrons. The molecule has 0 saturated heterocycles. The molecule has 1 heterocycles. The summed E-state index contributed by atoms with van der Waals surface area (Å²) in [4.78, 5) is 12.7. The SMILES string of the molecule is COC1=CC(C)C(c2cc(C)n(CC3CCC(NC(=O)c4cc(C(F)(F)F)ccc4Cl)CC3)n2)C=C1. The van der Waals surface area contributed by atoms with Gasteiger partial charge in [0.15, 0.2) is 0 Å². The molecular weight excluding hydrogens is 491 g/mol. The summed E-state index contributed by atoms with van der Waals surface area (Å²) in [6, 6.07) is 4.86. The zero-order chi connectivity index (χ0) is 26.0. The van der Waals surface area contributed by atoms with Gasteiger partial charge in [-0.25, -0.2) is 0 Å². The molecular formula is C27H31ClF3N3O2. The van der Waals surface area contributed by atoms with E-state index in [1.165, 1.54) is 0 Å². The molecule has 2 atom stereocenters. The molecule has 0 spiro atoms. The van der Waals surface area contributed by atoms with E-state index in [0.29, 0.717) is 5.92 Å². The zero-order valence-corrected chi connectivity index (χ0v) is 21.4. The number of methoxy groups -OCH3 is 1. The van der Waals surface area contributed by atoms with E-state index in [1.54, 1.807) is 7.11 Å². The Morgan fingerprint density at radius 2 is 1.94 bits per heavy atom. The fourth-order valence-electron chi connectivity index (χ4n) is 5.05.